The molecule has 0 aliphatic carbocycles. The van der Waals surface area contributed by atoms with E-state index in [9.17, 15) is 13.2 Å². The van der Waals surface area contributed by atoms with Crippen molar-refractivity contribution in [2.45, 2.75) is 77.2 Å². The third-order valence-corrected chi connectivity index (χ3v) is 5.58. The zero-order valence-electron chi connectivity index (χ0n) is 17.5. The number of rotatable bonds is 17. The van der Waals surface area contributed by atoms with Crippen molar-refractivity contribution in [2.24, 2.45) is 0 Å². The van der Waals surface area contributed by atoms with Gasteiger partial charge < -0.3 is 9.22 Å². The first-order valence-corrected chi connectivity index (χ1v) is 11.8. The van der Waals surface area contributed by atoms with Gasteiger partial charge in [0.25, 0.3) is 10.1 Å². The molecule has 0 aromatic rings. The first-order chi connectivity index (χ1) is 12.6. The van der Waals surface area contributed by atoms with Crippen LogP contribution in [0.25, 0.3) is 0 Å². The minimum absolute atomic E-state index is 0.0329. The fourth-order valence-electron chi connectivity index (χ4n) is 3.12. The molecule has 0 bridgehead atoms. The Morgan fingerprint density at radius 2 is 1.48 bits per heavy atom. The van der Waals surface area contributed by atoms with Gasteiger partial charge in [-0.25, -0.2) is 4.79 Å². The molecule has 0 radical (unpaired) electrons. The van der Waals surface area contributed by atoms with Crippen LogP contribution in [-0.2, 0) is 19.6 Å². The number of ether oxygens (including phenoxy) is 1. The van der Waals surface area contributed by atoms with Gasteiger partial charge in [-0.3, -0.25) is 4.55 Å². The smallest absolute Gasteiger partial charge is 0.330 e. The molecule has 1 unspecified atom stereocenters. The van der Waals surface area contributed by atoms with E-state index >= 15 is 0 Å². The van der Waals surface area contributed by atoms with Crippen LogP contribution < -0.4 is 0 Å². The van der Waals surface area contributed by atoms with Crippen LogP contribution in [0, 0.1) is 0 Å². The fraction of sp³-hybridized carbons (Fsp3) is 0.850. The summed E-state index contributed by atoms with van der Waals surface area (Å²) in [5, 5.41) is 0. The second-order valence-corrected chi connectivity index (χ2v) is 9.66. The zero-order valence-corrected chi connectivity index (χ0v) is 18.3. The Kier molecular flexibility index (Phi) is 13.6. The standard InChI is InChI=1S/C20H39NO5S/c1-5-20(22)26-19(2)15-12-10-8-6-7-9-11-13-16-21(3,4)17-14-18-27(23,24)25/h5,19H,1,6-18H2,2-4H3/p+1. The number of carbonyl (C=O) groups is 1. The van der Waals surface area contributed by atoms with Crippen molar-refractivity contribution >= 4 is 16.1 Å². The molecule has 0 rings (SSSR count). The molecule has 1 N–H and O–H groups in total. The Hall–Kier alpha value is -0.920. The number of hydrogen-bond acceptors (Lipinski definition) is 4. The molecule has 6 nitrogen and oxygen atoms in total. The molecular weight excluding hydrogens is 366 g/mol. The van der Waals surface area contributed by atoms with E-state index in [1.165, 1.54) is 44.6 Å². The maximum Gasteiger partial charge on any atom is 0.330 e. The molecular formula is C20H40NO5S+. The molecule has 1 atom stereocenters. The highest BCUT2D eigenvalue weighted by molar-refractivity contribution is 7.85. The highest BCUT2D eigenvalue weighted by atomic mass is 32.2. The van der Waals surface area contributed by atoms with Gasteiger partial charge in [0.1, 0.15) is 0 Å². The summed E-state index contributed by atoms with van der Waals surface area (Å²) >= 11 is 0. The van der Waals surface area contributed by atoms with E-state index in [0.29, 0.717) is 6.42 Å². The topological polar surface area (TPSA) is 80.7 Å². The maximum absolute atomic E-state index is 11.1. The second kappa shape index (κ2) is 14.1. The maximum atomic E-state index is 11.1. The molecule has 0 aromatic heterocycles. The molecule has 7 heteroatoms. The monoisotopic (exact) mass is 406 g/mol. The number of esters is 1. The largest absolute Gasteiger partial charge is 0.460 e. The van der Waals surface area contributed by atoms with Crippen molar-refractivity contribution in [1.82, 2.24) is 0 Å². The lowest BCUT2D eigenvalue weighted by atomic mass is 10.1. The first-order valence-electron chi connectivity index (χ1n) is 10.2. The summed E-state index contributed by atoms with van der Waals surface area (Å²) in [6, 6.07) is 0. The van der Waals surface area contributed by atoms with Crippen molar-refractivity contribution in [3.8, 4) is 0 Å². The summed E-state index contributed by atoms with van der Waals surface area (Å²) in [7, 11) is 0.381. The van der Waals surface area contributed by atoms with Crippen molar-refractivity contribution in [1.29, 1.82) is 0 Å². The molecule has 0 saturated carbocycles. The van der Waals surface area contributed by atoms with Crippen molar-refractivity contribution < 1.29 is 27.0 Å². The Morgan fingerprint density at radius 3 is 2.00 bits per heavy atom. The van der Waals surface area contributed by atoms with Gasteiger partial charge in [-0.1, -0.05) is 38.7 Å². The first kappa shape index (κ1) is 26.1. The van der Waals surface area contributed by atoms with E-state index in [1.54, 1.807) is 0 Å². The highest BCUT2D eigenvalue weighted by Crippen LogP contribution is 2.13. The van der Waals surface area contributed by atoms with Gasteiger partial charge in [0, 0.05) is 12.5 Å². The van der Waals surface area contributed by atoms with Crippen LogP contribution in [-0.4, -0.2) is 62.5 Å². The lowest BCUT2D eigenvalue weighted by molar-refractivity contribution is -0.890. The summed E-state index contributed by atoms with van der Waals surface area (Å²) < 4.78 is 36.2. The van der Waals surface area contributed by atoms with Crippen molar-refractivity contribution in [2.75, 3.05) is 32.9 Å². The number of quaternary nitrogens is 1. The number of nitrogens with zero attached hydrogens (tertiary/aromatic N) is 1. The summed E-state index contributed by atoms with van der Waals surface area (Å²) in [6.45, 7) is 7.11. The molecule has 0 aliphatic heterocycles. The molecule has 0 saturated heterocycles. The van der Waals surface area contributed by atoms with Crippen LogP contribution in [0.4, 0.5) is 0 Å². The van der Waals surface area contributed by atoms with Gasteiger partial charge in [-0.15, -0.1) is 0 Å². The Labute approximate surface area is 166 Å². The molecule has 0 spiro atoms. The van der Waals surface area contributed by atoms with E-state index in [0.717, 1.165) is 36.8 Å². The van der Waals surface area contributed by atoms with E-state index in [4.69, 9.17) is 9.29 Å². The highest BCUT2D eigenvalue weighted by Gasteiger charge is 2.16. The summed E-state index contributed by atoms with van der Waals surface area (Å²) in [4.78, 5) is 11.1. The number of hydrogen-bond donors (Lipinski definition) is 1. The SMILES string of the molecule is C=CC(=O)OC(C)CCCCCCCCCC[N+](C)(C)CCCS(=O)(=O)O. The summed E-state index contributed by atoms with van der Waals surface area (Å²) in [5.41, 5.74) is 0. The van der Waals surface area contributed by atoms with Gasteiger partial charge in [0.05, 0.1) is 39.0 Å². The molecule has 160 valence electrons. The Morgan fingerprint density at radius 1 is 1.00 bits per heavy atom. The van der Waals surface area contributed by atoms with Crippen molar-refractivity contribution in [3.05, 3.63) is 12.7 Å². The average molecular weight is 407 g/mol. The van der Waals surface area contributed by atoms with Gasteiger partial charge in [0.2, 0.25) is 0 Å². The van der Waals surface area contributed by atoms with Crippen LogP contribution in [0.2, 0.25) is 0 Å². The van der Waals surface area contributed by atoms with E-state index in [-0.39, 0.29) is 17.8 Å². The van der Waals surface area contributed by atoms with Crippen LogP contribution in [0.3, 0.4) is 0 Å². The Bertz CT molecular complexity index is 516. The summed E-state index contributed by atoms with van der Waals surface area (Å²) in [5.74, 6) is -0.493. The predicted octanol–water partition coefficient (Wildman–Crippen LogP) is 3.97. The van der Waals surface area contributed by atoms with Crippen molar-refractivity contribution in [3.63, 3.8) is 0 Å². The quantitative estimate of drug-likeness (QED) is 0.130. The third kappa shape index (κ3) is 18.2. The van der Waals surface area contributed by atoms with Gasteiger partial charge >= 0.3 is 5.97 Å². The van der Waals surface area contributed by atoms with Gasteiger partial charge in [-0.05, 0) is 32.6 Å². The van der Waals surface area contributed by atoms with E-state index in [2.05, 4.69) is 20.7 Å². The van der Waals surface area contributed by atoms with Crippen LogP contribution >= 0.6 is 0 Å². The lowest BCUT2D eigenvalue weighted by Gasteiger charge is -2.29. The van der Waals surface area contributed by atoms with E-state index < -0.39 is 10.1 Å². The fourth-order valence-corrected chi connectivity index (χ4v) is 3.62. The zero-order chi connectivity index (χ0) is 20.8. The molecule has 0 fully saturated rings. The molecule has 0 heterocycles. The minimum atomic E-state index is -3.84. The second-order valence-electron chi connectivity index (χ2n) is 8.09. The number of unbranched alkanes of at least 4 members (excludes halogenated alkanes) is 7. The number of carbonyl (C=O) groups excluding carboxylic acids is 1. The normalized spacial score (nSPS) is 13.3. The molecule has 0 aliphatic rings. The summed E-state index contributed by atoms with van der Waals surface area (Å²) in [6.07, 6.45) is 12.1. The minimum Gasteiger partial charge on any atom is -0.460 e. The van der Waals surface area contributed by atoms with Crippen LogP contribution in [0.15, 0.2) is 12.7 Å². The molecule has 27 heavy (non-hydrogen) atoms. The molecule has 0 aromatic carbocycles. The Balaban J connectivity index is 3.51. The molecule has 0 amide bonds. The third-order valence-electron chi connectivity index (χ3n) is 4.77. The van der Waals surface area contributed by atoms with E-state index in [1.807, 2.05) is 6.92 Å². The van der Waals surface area contributed by atoms with Crippen LogP contribution in [0.1, 0.15) is 71.1 Å². The average Bonchev–Trinajstić information content (AvgIpc) is 2.54. The predicted molar refractivity (Wildman–Crippen MR) is 110 cm³/mol. The van der Waals surface area contributed by atoms with Gasteiger partial charge in [-0.2, -0.15) is 8.42 Å². The lowest BCUT2D eigenvalue weighted by Crippen LogP contribution is -2.41. The van der Waals surface area contributed by atoms with Crippen LogP contribution in [0.5, 0.6) is 0 Å². The van der Waals surface area contributed by atoms with Gasteiger partial charge in [0.15, 0.2) is 0 Å².